The first-order valence-electron chi connectivity index (χ1n) is 4.47. The molecule has 1 N–H and O–H groups in total. The number of nitrogens with zero attached hydrogens (tertiary/aromatic N) is 1. The molecule has 0 aliphatic heterocycles. The quantitative estimate of drug-likeness (QED) is 0.758. The van der Waals surface area contributed by atoms with E-state index in [9.17, 15) is 0 Å². The van der Waals surface area contributed by atoms with Crippen molar-refractivity contribution >= 4 is 11.3 Å². The third-order valence-electron chi connectivity index (χ3n) is 1.89. The summed E-state index contributed by atoms with van der Waals surface area (Å²) in [5.41, 5.74) is 0. The van der Waals surface area contributed by atoms with Crippen LogP contribution in [0.2, 0.25) is 0 Å². The minimum atomic E-state index is 0.439. The highest BCUT2D eigenvalue weighted by molar-refractivity contribution is 7.09. The van der Waals surface area contributed by atoms with Crippen molar-refractivity contribution in [2.24, 2.45) is 0 Å². The summed E-state index contributed by atoms with van der Waals surface area (Å²) in [6.07, 6.45) is 2.91. The molecule has 1 atom stereocenters. The van der Waals surface area contributed by atoms with Crippen LogP contribution in [-0.4, -0.2) is 24.7 Å². The molecular weight excluding hydrogens is 184 g/mol. The van der Waals surface area contributed by atoms with Crippen molar-refractivity contribution in [3.63, 3.8) is 0 Å². The van der Waals surface area contributed by atoms with Crippen LogP contribution >= 0.6 is 11.3 Å². The fourth-order valence-corrected chi connectivity index (χ4v) is 1.66. The molecule has 0 fully saturated rings. The second kappa shape index (κ2) is 6.07. The molecule has 1 unspecified atom stereocenters. The minimum Gasteiger partial charge on any atom is -0.383 e. The van der Waals surface area contributed by atoms with Crippen molar-refractivity contribution in [1.82, 2.24) is 10.3 Å². The second-order valence-electron chi connectivity index (χ2n) is 2.87. The maximum Gasteiger partial charge on any atom is 0.106 e. The van der Waals surface area contributed by atoms with Crippen LogP contribution in [0, 0.1) is 0 Å². The van der Waals surface area contributed by atoms with Gasteiger partial charge in [-0.1, -0.05) is 6.92 Å². The number of hydrogen-bond acceptors (Lipinski definition) is 4. The number of ether oxygens (including phenoxy) is 1. The summed E-state index contributed by atoms with van der Waals surface area (Å²) in [5, 5.41) is 6.52. The maximum absolute atomic E-state index is 5.09. The van der Waals surface area contributed by atoms with Gasteiger partial charge in [-0.15, -0.1) is 11.3 Å². The third kappa shape index (κ3) is 3.85. The zero-order chi connectivity index (χ0) is 9.52. The fraction of sp³-hybridized carbons (Fsp3) is 0.667. The van der Waals surface area contributed by atoms with E-state index in [1.54, 1.807) is 18.4 Å². The summed E-state index contributed by atoms with van der Waals surface area (Å²) in [6, 6.07) is 0.439. The average molecular weight is 200 g/mol. The van der Waals surface area contributed by atoms with Gasteiger partial charge >= 0.3 is 0 Å². The topological polar surface area (TPSA) is 34.1 Å². The van der Waals surface area contributed by atoms with Crippen LogP contribution in [0.3, 0.4) is 0 Å². The highest BCUT2D eigenvalue weighted by Crippen LogP contribution is 2.03. The molecule has 1 heterocycles. The largest absolute Gasteiger partial charge is 0.383 e. The first-order chi connectivity index (χ1) is 6.36. The van der Waals surface area contributed by atoms with Gasteiger partial charge in [0.1, 0.15) is 5.01 Å². The summed E-state index contributed by atoms with van der Waals surface area (Å²) >= 11 is 1.68. The third-order valence-corrected chi connectivity index (χ3v) is 2.67. The summed E-state index contributed by atoms with van der Waals surface area (Å²) in [7, 11) is 1.73. The van der Waals surface area contributed by atoms with Crippen LogP contribution in [0.5, 0.6) is 0 Å². The molecular formula is C9H16N2OS. The monoisotopic (exact) mass is 200 g/mol. The van der Waals surface area contributed by atoms with E-state index in [1.807, 2.05) is 11.6 Å². The van der Waals surface area contributed by atoms with E-state index < -0.39 is 0 Å². The number of hydrogen-bond donors (Lipinski definition) is 1. The van der Waals surface area contributed by atoms with Gasteiger partial charge in [0.2, 0.25) is 0 Å². The Bertz CT molecular complexity index is 213. The molecule has 1 rings (SSSR count). The van der Waals surface area contributed by atoms with E-state index >= 15 is 0 Å². The maximum atomic E-state index is 5.09. The number of thiazole rings is 1. The van der Waals surface area contributed by atoms with E-state index in [1.165, 1.54) is 0 Å². The second-order valence-corrected chi connectivity index (χ2v) is 3.85. The lowest BCUT2D eigenvalue weighted by molar-refractivity contribution is 0.164. The molecule has 0 aliphatic carbocycles. The van der Waals surface area contributed by atoms with Gasteiger partial charge in [0.05, 0.1) is 6.61 Å². The normalized spacial score (nSPS) is 13.1. The lowest BCUT2D eigenvalue weighted by Gasteiger charge is -2.14. The van der Waals surface area contributed by atoms with Crippen LogP contribution in [0.25, 0.3) is 0 Å². The lowest BCUT2D eigenvalue weighted by atomic mass is 10.2. The van der Waals surface area contributed by atoms with Gasteiger partial charge in [0.25, 0.3) is 0 Å². The Labute approximate surface area is 83.1 Å². The van der Waals surface area contributed by atoms with Crippen LogP contribution < -0.4 is 5.32 Å². The van der Waals surface area contributed by atoms with Gasteiger partial charge in [0.15, 0.2) is 0 Å². The minimum absolute atomic E-state index is 0.439. The van der Waals surface area contributed by atoms with E-state index in [0.717, 1.165) is 24.6 Å². The van der Waals surface area contributed by atoms with Gasteiger partial charge < -0.3 is 10.1 Å². The van der Waals surface area contributed by atoms with Gasteiger partial charge in [-0.05, 0) is 6.42 Å². The predicted molar refractivity (Wildman–Crippen MR) is 54.9 cm³/mol. The van der Waals surface area contributed by atoms with Crippen LogP contribution in [0.4, 0.5) is 0 Å². The number of aromatic nitrogens is 1. The lowest BCUT2D eigenvalue weighted by Crippen LogP contribution is -2.31. The molecule has 0 saturated heterocycles. The number of nitrogens with one attached hydrogen (secondary N) is 1. The van der Waals surface area contributed by atoms with E-state index in [2.05, 4.69) is 17.2 Å². The zero-order valence-corrected chi connectivity index (χ0v) is 8.93. The van der Waals surface area contributed by atoms with Crippen LogP contribution in [0.15, 0.2) is 11.6 Å². The number of rotatable bonds is 6. The molecule has 74 valence electrons. The summed E-state index contributed by atoms with van der Waals surface area (Å²) in [6.45, 7) is 3.76. The first-order valence-corrected chi connectivity index (χ1v) is 5.35. The summed E-state index contributed by atoms with van der Waals surface area (Å²) < 4.78 is 5.09. The molecule has 1 aromatic heterocycles. The average Bonchev–Trinajstić information content (AvgIpc) is 2.64. The van der Waals surface area contributed by atoms with Crippen molar-refractivity contribution in [2.75, 3.05) is 13.7 Å². The Balaban J connectivity index is 2.23. The summed E-state index contributed by atoms with van der Waals surface area (Å²) in [4.78, 5) is 4.20. The molecule has 0 aromatic carbocycles. The Hall–Kier alpha value is -0.450. The van der Waals surface area contributed by atoms with Crippen molar-refractivity contribution in [1.29, 1.82) is 0 Å². The Morgan fingerprint density at radius 3 is 3.08 bits per heavy atom. The Kier molecular flexibility index (Phi) is 4.97. The summed E-state index contributed by atoms with van der Waals surface area (Å²) in [5.74, 6) is 0. The first kappa shape index (κ1) is 10.6. The van der Waals surface area contributed by atoms with Crippen molar-refractivity contribution in [3.8, 4) is 0 Å². The molecule has 0 spiro atoms. The van der Waals surface area contributed by atoms with Crippen LogP contribution in [-0.2, 0) is 11.3 Å². The fourth-order valence-electron chi connectivity index (χ4n) is 1.09. The van der Waals surface area contributed by atoms with Gasteiger partial charge in [-0.25, -0.2) is 4.98 Å². The molecule has 0 amide bonds. The van der Waals surface area contributed by atoms with Crippen molar-refractivity contribution < 1.29 is 4.74 Å². The van der Waals surface area contributed by atoms with Gasteiger partial charge in [-0.2, -0.15) is 0 Å². The molecule has 4 heteroatoms. The molecule has 3 nitrogen and oxygen atoms in total. The molecule has 0 bridgehead atoms. The van der Waals surface area contributed by atoms with Crippen LogP contribution in [0.1, 0.15) is 18.4 Å². The van der Waals surface area contributed by atoms with E-state index in [4.69, 9.17) is 4.74 Å². The van der Waals surface area contributed by atoms with Gasteiger partial charge in [-0.3, -0.25) is 0 Å². The molecule has 0 aliphatic rings. The van der Waals surface area contributed by atoms with E-state index in [0.29, 0.717) is 6.04 Å². The predicted octanol–water partition coefficient (Wildman–Crippen LogP) is 1.66. The smallest absolute Gasteiger partial charge is 0.106 e. The van der Waals surface area contributed by atoms with Crippen molar-refractivity contribution in [2.45, 2.75) is 25.9 Å². The Morgan fingerprint density at radius 1 is 1.69 bits per heavy atom. The zero-order valence-electron chi connectivity index (χ0n) is 8.12. The van der Waals surface area contributed by atoms with Gasteiger partial charge in [0, 0.05) is 31.3 Å². The molecule has 0 radical (unpaired) electrons. The van der Waals surface area contributed by atoms with E-state index in [-0.39, 0.29) is 0 Å². The number of methoxy groups -OCH3 is 1. The van der Waals surface area contributed by atoms with Crippen molar-refractivity contribution in [3.05, 3.63) is 16.6 Å². The molecule has 13 heavy (non-hydrogen) atoms. The Morgan fingerprint density at radius 2 is 2.54 bits per heavy atom. The highest BCUT2D eigenvalue weighted by Gasteiger charge is 2.04. The molecule has 0 saturated carbocycles. The highest BCUT2D eigenvalue weighted by atomic mass is 32.1. The SMILES string of the molecule is CCC(COC)NCc1nccs1. The molecule has 1 aromatic rings. The standard InChI is InChI=1S/C9H16N2OS/c1-3-8(7-12-2)11-6-9-10-4-5-13-9/h4-5,8,11H,3,6-7H2,1-2H3.